The van der Waals surface area contributed by atoms with Gasteiger partial charge in [-0.2, -0.15) is 0 Å². The van der Waals surface area contributed by atoms with Crippen LogP contribution in [0.5, 0.6) is 5.75 Å². The largest absolute Gasteiger partial charge is 0.496 e. The highest BCUT2D eigenvalue weighted by molar-refractivity contribution is 6.30. The van der Waals surface area contributed by atoms with Gasteiger partial charge in [0, 0.05) is 28.8 Å². The molecule has 0 fully saturated rings. The molecule has 18 heavy (non-hydrogen) atoms. The molecule has 0 atom stereocenters. The Kier molecular flexibility index (Phi) is 3.72. The second-order valence-electron chi connectivity index (χ2n) is 4.12. The minimum absolute atomic E-state index is 0.553. The Balaban J connectivity index is 2.42. The lowest BCUT2D eigenvalue weighted by Gasteiger charge is -2.12. The lowest BCUT2D eigenvalue weighted by atomic mass is 10.0. The van der Waals surface area contributed by atoms with Crippen molar-refractivity contribution in [3.05, 3.63) is 52.2 Å². The fourth-order valence-electron chi connectivity index (χ4n) is 1.92. The maximum atomic E-state index is 6.02. The fraction of sp³-hybridized carbons (Fsp3) is 0.214. The molecule has 0 amide bonds. The van der Waals surface area contributed by atoms with Gasteiger partial charge < -0.3 is 10.5 Å². The van der Waals surface area contributed by atoms with Gasteiger partial charge in [0.25, 0.3) is 0 Å². The van der Waals surface area contributed by atoms with Crippen molar-refractivity contribution in [2.45, 2.75) is 13.3 Å². The second-order valence-corrected chi connectivity index (χ2v) is 4.56. The van der Waals surface area contributed by atoms with E-state index in [2.05, 4.69) is 4.98 Å². The minimum Gasteiger partial charge on any atom is -0.496 e. The smallest absolute Gasteiger partial charge is 0.127 e. The summed E-state index contributed by atoms with van der Waals surface area (Å²) in [5.41, 5.74) is 9.05. The number of anilines is 1. The van der Waals surface area contributed by atoms with Crippen LogP contribution in [0.15, 0.2) is 30.5 Å². The van der Waals surface area contributed by atoms with Gasteiger partial charge in [0.05, 0.1) is 7.11 Å². The van der Waals surface area contributed by atoms with Gasteiger partial charge in [-0.05, 0) is 36.8 Å². The molecular weight excluding hydrogens is 248 g/mol. The molecule has 1 aromatic heterocycles. The van der Waals surface area contributed by atoms with E-state index >= 15 is 0 Å². The first-order chi connectivity index (χ1) is 8.61. The van der Waals surface area contributed by atoms with Crippen molar-refractivity contribution >= 4 is 17.4 Å². The van der Waals surface area contributed by atoms with Crippen LogP contribution in [0.1, 0.15) is 16.7 Å². The molecule has 4 heteroatoms. The zero-order valence-corrected chi connectivity index (χ0v) is 11.2. The van der Waals surface area contributed by atoms with E-state index in [1.165, 1.54) is 0 Å². The highest BCUT2D eigenvalue weighted by Crippen LogP contribution is 2.27. The van der Waals surface area contributed by atoms with Crippen molar-refractivity contribution in [1.82, 2.24) is 4.98 Å². The SMILES string of the molecule is COc1ccc(Cl)cc1Cc1c(C)ccnc1N. The average Bonchev–Trinajstić information content (AvgIpc) is 2.34. The van der Waals surface area contributed by atoms with Crippen LogP contribution in [0.4, 0.5) is 5.82 Å². The molecule has 2 N–H and O–H groups in total. The van der Waals surface area contributed by atoms with Crippen LogP contribution in [0.25, 0.3) is 0 Å². The quantitative estimate of drug-likeness (QED) is 0.924. The molecule has 2 aromatic rings. The molecule has 94 valence electrons. The van der Waals surface area contributed by atoms with Crippen molar-refractivity contribution in [2.75, 3.05) is 12.8 Å². The number of nitrogen functional groups attached to an aromatic ring is 1. The third kappa shape index (κ3) is 2.57. The Hall–Kier alpha value is -1.74. The number of halogens is 1. The summed E-state index contributed by atoms with van der Waals surface area (Å²) in [6.07, 6.45) is 2.37. The van der Waals surface area contributed by atoms with Gasteiger partial charge in [0.1, 0.15) is 11.6 Å². The van der Waals surface area contributed by atoms with Gasteiger partial charge in [-0.3, -0.25) is 0 Å². The summed E-state index contributed by atoms with van der Waals surface area (Å²) < 4.78 is 5.33. The molecule has 0 saturated carbocycles. The third-order valence-corrected chi connectivity index (χ3v) is 3.17. The van der Waals surface area contributed by atoms with Gasteiger partial charge in [0.2, 0.25) is 0 Å². The van der Waals surface area contributed by atoms with E-state index < -0.39 is 0 Å². The van der Waals surface area contributed by atoms with E-state index in [0.717, 1.165) is 22.4 Å². The van der Waals surface area contributed by atoms with Crippen LogP contribution >= 0.6 is 11.6 Å². The summed E-state index contributed by atoms with van der Waals surface area (Å²) in [6.45, 7) is 2.02. The third-order valence-electron chi connectivity index (χ3n) is 2.93. The van der Waals surface area contributed by atoms with Crippen molar-refractivity contribution in [3.8, 4) is 5.75 Å². The Labute approximate surface area is 112 Å². The first-order valence-electron chi connectivity index (χ1n) is 5.64. The Morgan fingerprint density at radius 3 is 2.78 bits per heavy atom. The zero-order valence-electron chi connectivity index (χ0n) is 10.4. The van der Waals surface area contributed by atoms with E-state index in [4.69, 9.17) is 22.1 Å². The lowest BCUT2D eigenvalue weighted by Crippen LogP contribution is -2.02. The number of nitrogens with two attached hydrogens (primary N) is 1. The van der Waals surface area contributed by atoms with Crippen molar-refractivity contribution < 1.29 is 4.74 Å². The van der Waals surface area contributed by atoms with Crippen molar-refractivity contribution in [3.63, 3.8) is 0 Å². The summed E-state index contributed by atoms with van der Waals surface area (Å²) in [5.74, 6) is 1.36. The highest BCUT2D eigenvalue weighted by atomic mass is 35.5. The molecule has 3 nitrogen and oxygen atoms in total. The van der Waals surface area contributed by atoms with Crippen LogP contribution in [-0.4, -0.2) is 12.1 Å². The van der Waals surface area contributed by atoms with E-state index in [9.17, 15) is 0 Å². The van der Waals surface area contributed by atoms with E-state index in [0.29, 0.717) is 17.3 Å². The van der Waals surface area contributed by atoms with Gasteiger partial charge in [0.15, 0.2) is 0 Å². The van der Waals surface area contributed by atoms with Gasteiger partial charge in [-0.1, -0.05) is 11.6 Å². The predicted octanol–water partition coefficient (Wildman–Crippen LogP) is 3.23. The summed E-state index contributed by atoms with van der Waals surface area (Å²) >= 11 is 6.02. The monoisotopic (exact) mass is 262 g/mol. The van der Waals surface area contributed by atoms with Gasteiger partial charge in [-0.15, -0.1) is 0 Å². The molecule has 0 aliphatic heterocycles. The summed E-state index contributed by atoms with van der Waals surface area (Å²) in [6, 6.07) is 7.51. The predicted molar refractivity (Wildman–Crippen MR) is 74.2 cm³/mol. The number of nitrogens with zero attached hydrogens (tertiary/aromatic N) is 1. The van der Waals surface area contributed by atoms with Crippen molar-refractivity contribution in [2.24, 2.45) is 0 Å². The standard InChI is InChI=1S/C14H15ClN2O/c1-9-5-6-17-14(16)12(9)8-10-7-11(15)3-4-13(10)18-2/h3-7H,8H2,1-2H3,(H2,16,17). The normalized spacial score (nSPS) is 10.4. The molecule has 1 heterocycles. The molecule has 0 aliphatic carbocycles. The Morgan fingerprint density at radius 2 is 2.11 bits per heavy atom. The van der Waals surface area contributed by atoms with Crippen LogP contribution in [-0.2, 0) is 6.42 Å². The fourth-order valence-corrected chi connectivity index (χ4v) is 2.11. The molecule has 0 radical (unpaired) electrons. The van der Waals surface area contributed by atoms with Crippen LogP contribution in [0.3, 0.4) is 0 Å². The van der Waals surface area contributed by atoms with Gasteiger partial charge in [-0.25, -0.2) is 4.98 Å². The molecule has 0 spiro atoms. The van der Waals surface area contributed by atoms with Crippen LogP contribution in [0, 0.1) is 6.92 Å². The number of methoxy groups -OCH3 is 1. The van der Waals surface area contributed by atoms with E-state index in [1.54, 1.807) is 13.3 Å². The maximum absolute atomic E-state index is 6.02. The second kappa shape index (κ2) is 5.27. The molecule has 0 saturated heterocycles. The molecule has 1 aromatic carbocycles. The number of aryl methyl sites for hydroxylation is 1. The van der Waals surface area contributed by atoms with Crippen LogP contribution < -0.4 is 10.5 Å². The highest BCUT2D eigenvalue weighted by Gasteiger charge is 2.10. The molecule has 0 aliphatic rings. The first-order valence-corrected chi connectivity index (χ1v) is 6.02. The lowest BCUT2D eigenvalue weighted by molar-refractivity contribution is 0.410. The summed E-state index contributed by atoms with van der Waals surface area (Å²) in [7, 11) is 1.65. The maximum Gasteiger partial charge on any atom is 0.127 e. The number of ether oxygens (including phenoxy) is 1. The van der Waals surface area contributed by atoms with Crippen molar-refractivity contribution in [1.29, 1.82) is 0 Å². The number of aromatic nitrogens is 1. The van der Waals surface area contributed by atoms with Crippen LogP contribution in [0.2, 0.25) is 5.02 Å². The number of pyridine rings is 1. The summed E-state index contributed by atoms with van der Waals surface area (Å²) in [5, 5.41) is 0.686. The van der Waals surface area contributed by atoms with Gasteiger partial charge >= 0.3 is 0 Å². The number of rotatable bonds is 3. The topological polar surface area (TPSA) is 48.1 Å². The number of benzene rings is 1. The van der Waals surface area contributed by atoms with E-state index in [-0.39, 0.29) is 0 Å². The molecule has 0 unspecified atom stereocenters. The average molecular weight is 263 g/mol. The van der Waals surface area contributed by atoms with E-state index in [1.807, 2.05) is 31.2 Å². The Bertz CT molecular complexity index is 549. The molecule has 0 bridgehead atoms. The Morgan fingerprint density at radius 1 is 1.33 bits per heavy atom. The molecular formula is C14H15ClN2O. The molecule has 2 rings (SSSR count). The first kappa shape index (κ1) is 12.7. The number of hydrogen-bond acceptors (Lipinski definition) is 3. The minimum atomic E-state index is 0.553. The summed E-state index contributed by atoms with van der Waals surface area (Å²) in [4.78, 5) is 4.12. The zero-order chi connectivity index (χ0) is 13.1. The number of hydrogen-bond donors (Lipinski definition) is 1.